The van der Waals surface area contributed by atoms with Crippen LogP contribution in [0, 0.1) is 0 Å². The Morgan fingerprint density at radius 1 is 1.21 bits per heavy atom. The SMILES string of the molecule is C[S+](CC=C1CCCC1)[CH2][Sn]([CH3])([CH3])[CH3]. The van der Waals surface area contributed by atoms with E-state index in [1.165, 1.54) is 31.4 Å². The summed E-state index contributed by atoms with van der Waals surface area (Å²) >= 11 is -1.49. The molecule has 1 saturated carbocycles. The molecule has 0 N–H and O–H groups in total. The predicted octanol–water partition coefficient (Wildman–Crippen LogP) is 3.61. The van der Waals surface area contributed by atoms with Crippen LogP contribution in [0.15, 0.2) is 11.6 Å². The molecular weight excluding hydrogens is 295 g/mol. The van der Waals surface area contributed by atoms with Gasteiger partial charge in [0.1, 0.15) is 0 Å². The van der Waals surface area contributed by atoms with Crippen molar-refractivity contribution in [3.63, 3.8) is 0 Å². The Labute approximate surface area is 96.8 Å². The molecule has 1 rings (SSSR count). The molecule has 0 aromatic heterocycles. The Bertz CT molecular complexity index is 195. The van der Waals surface area contributed by atoms with E-state index in [4.69, 9.17) is 0 Å². The van der Waals surface area contributed by atoms with Gasteiger partial charge in [-0.05, 0) is 0 Å². The Morgan fingerprint density at radius 3 is 2.29 bits per heavy atom. The third kappa shape index (κ3) is 5.69. The molecule has 2 heteroatoms. The molecule has 14 heavy (non-hydrogen) atoms. The van der Waals surface area contributed by atoms with Gasteiger partial charge in [-0.2, -0.15) is 0 Å². The van der Waals surface area contributed by atoms with E-state index in [0.29, 0.717) is 10.9 Å². The molecule has 1 aliphatic carbocycles. The number of rotatable bonds is 4. The van der Waals surface area contributed by atoms with Crippen LogP contribution in [0.4, 0.5) is 0 Å². The first-order chi connectivity index (χ1) is 6.47. The van der Waals surface area contributed by atoms with Gasteiger partial charge in [0, 0.05) is 0 Å². The molecule has 0 spiro atoms. The fourth-order valence-electron chi connectivity index (χ4n) is 2.09. The number of hydrogen-bond acceptors (Lipinski definition) is 0. The zero-order valence-corrected chi connectivity index (χ0v) is 13.9. The van der Waals surface area contributed by atoms with Gasteiger partial charge in [0.2, 0.25) is 0 Å². The third-order valence-corrected chi connectivity index (χ3v) is 16.3. The van der Waals surface area contributed by atoms with Gasteiger partial charge >= 0.3 is 97.2 Å². The summed E-state index contributed by atoms with van der Waals surface area (Å²) in [7, 11) is 0.681. The van der Waals surface area contributed by atoms with E-state index in [2.05, 4.69) is 27.2 Å². The molecule has 0 saturated heterocycles. The fraction of sp³-hybridized carbons (Fsp3) is 0.833. The van der Waals surface area contributed by atoms with E-state index in [-0.39, 0.29) is 0 Å². The van der Waals surface area contributed by atoms with E-state index in [1.807, 2.05) is 0 Å². The van der Waals surface area contributed by atoms with Crippen LogP contribution in [0.1, 0.15) is 25.7 Å². The van der Waals surface area contributed by atoms with E-state index in [1.54, 1.807) is 9.34 Å². The predicted molar refractivity (Wildman–Crippen MR) is 72.9 cm³/mol. The van der Waals surface area contributed by atoms with Crippen LogP contribution in [-0.4, -0.2) is 34.2 Å². The van der Waals surface area contributed by atoms with E-state index in [0.717, 1.165) is 0 Å². The number of hydrogen-bond donors (Lipinski definition) is 0. The summed E-state index contributed by atoms with van der Waals surface area (Å²) < 4.78 is 1.58. The standard InChI is InChI=1S/C9H16S.3CH3.Sn/c1-10(2)8-7-9-5-3-4-6-9;;;;/h7H,1,3-6,8H2,2H3;3*1H3;/q+1;;;;. The second-order valence-electron chi connectivity index (χ2n) is 5.72. The molecule has 1 atom stereocenters. The monoisotopic (exact) mass is 321 g/mol. The van der Waals surface area contributed by atoms with Crippen molar-refractivity contribution in [1.29, 1.82) is 0 Å². The average molecular weight is 320 g/mol. The van der Waals surface area contributed by atoms with Gasteiger partial charge in [-0.25, -0.2) is 0 Å². The summed E-state index contributed by atoms with van der Waals surface area (Å²) in [6.07, 6.45) is 10.7. The Balaban J connectivity index is 2.26. The topological polar surface area (TPSA) is 0 Å². The summed E-state index contributed by atoms with van der Waals surface area (Å²) in [5, 5.41) is 0. The second kappa shape index (κ2) is 5.83. The van der Waals surface area contributed by atoms with Crippen molar-refractivity contribution in [2.75, 3.05) is 15.8 Å². The first kappa shape index (κ1) is 13.0. The van der Waals surface area contributed by atoms with Crippen LogP contribution in [0.2, 0.25) is 14.8 Å². The van der Waals surface area contributed by atoms with Crippen molar-refractivity contribution in [1.82, 2.24) is 0 Å². The van der Waals surface area contributed by atoms with E-state index >= 15 is 0 Å². The molecule has 0 aromatic carbocycles. The van der Waals surface area contributed by atoms with Gasteiger partial charge in [0.15, 0.2) is 0 Å². The number of allylic oxidation sites excluding steroid dienone is 1. The molecule has 82 valence electrons. The molecule has 0 nitrogen and oxygen atoms in total. The molecular formula is C12H25SSn+. The molecule has 0 bridgehead atoms. The molecule has 1 unspecified atom stereocenters. The maximum atomic E-state index is 2.56. The minimum absolute atomic E-state index is 0.681. The Hall–Kier alpha value is 0.889. The molecule has 0 aromatic rings. The summed E-state index contributed by atoms with van der Waals surface area (Å²) in [4.78, 5) is 7.67. The van der Waals surface area contributed by atoms with Crippen molar-refractivity contribution >= 4 is 29.3 Å². The molecule has 0 radical (unpaired) electrons. The first-order valence-electron chi connectivity index (χ1n) is 5.74. The van der Waals surface area contributed by atoms with Crippen molar-refractivity contribution in [3.05, 3.63) is 11.6 Å². The quantitative estimate of drug-likeness (QED) is 0.422. The van der Waals surface area contributed by atoms with Crippen LogP contribution in [0.5, 0.6) is 0 Å². The molecule has 1 fully saturated rings. The van der Waals surface area contributed by atoms with Gasteiger partial charge in [-0.15, -0.1) is 0 Å². The third-order valence-electron chi connectivity index (χ3n) is 2.58. The normalized spacial score (nSPS) is 19.9. The van der Waals surface area contributed by atoms with Crippen molar-refractivity contribution in [2.45, 2.75) is 40.5 Å². The van der Waals surface area contributed by atoms with Crippen molar-refractivity contribution < 1.29 is 0 Å². The van der Waals surface area contributed by atoms with Gasteiger partial charge < -0.3 is 0 Å². The van der Waals surface area contributed by atoms with E-state index in [9.17, 15) is 0 Å². The Morgan fingerprint density at radius 2 is 1.79 bits per heavy atom. The summed E-state index contributed by atoms with van der Waals surface area (Å²) in [6.45, 7) is 0. The summed E-state index contributed by atoms with van der Waals surface area (Å²) in [5.74, 6) is 1.38. The minimum atomic E-state index is -1.49. The molecule has 1 aliphatic rings. The average Bonchev–Trinajstić information content (AvgIpc) is 2.49. The summed E-state index contributed by atoms with van der Waals surface area (Å²) in [6, 6.07) is 0. The van der Waals surface area contributed by atoms with Gasteiger partial charge in [0.05, 0.1) is 0 Å². The van der Waals surface area contributed by atoms with Crippen LogP contribution in [-0.2, 0) is 10.9 Å². The first-order valence-corrected chi connectivity index (χ1v) is 18.3. The van der Waals surface area contributed by atoms with Gasteiger partial charge in [-0.1, -0.05) is 0 Å². The Kier molecular flexibility index (Phi) is 5.40. The van der Waals surface area contributed by atoms with Crippen molar-refractivity contribution in [2.24, 2.45) is 0 Å². The maximum absolute atomic E-state index is 2.56. The summed E-state index contributed by atoms with van der Waals surface area (Å²) in [5.41, 5.74) is 1.76. The van der Waals surface area contributed by atoms with E-state index < -0.39 is 18.4 Å². The molecule has 0 aliphatic heterocycles. The zero-order valence-electron chi connectivity index (χ0n) is 10.2. The van der Waals surface area contributed by atoms with Crippen LogP contribution < -0.4 is 0 Å². The van der Waals surface area contributed by atoms with Crippen LogP contribution in [0.25, 0.3) is 0 Å². The molecule has 0 amide bonds. The molecule has 0 heterocycles. The van der Waals surface area contributed by atoms with Crippen LogP contribution >= 0.6 is 0 Å². The van der Waals surface area contributed by atoms with Gasteiger partial charge in [0.25, 0.3) is 0 Å². The fourth-order valence-corrected chi connectivity index (χ4v) is 17.9. The van der Waals surface area contributed by atoms with Crippen molar-refractivity contribution in [3.8, 4) is 0 Å². The van der Waals surface area contributed by atoms with Crippen LogP contribution in [0.3, 0.4) is 0 Å². The zero-order chi connectivity index (χ0) is 10.6. The second-order valence-corrected chi connectivity index (χ2v) is 25.0. The van der Waals surface area contributed by atoms with Gasteiger partial charge in [-0.3, -0.25) is 0 Å².